The predicted molar refractivity (Wildman–Crippen MR) is 82.1 cm³/mol. The van der Waals surface area contributed by atoms with Gasteiger partial charge in [-0.15, -0.1) is 0 Å². The second-order valence-corrected chi connectivity index (χ2v) is 5.15. The molecule has 1 N–H and O–H groups in total. The highest BCUT2D eigenvalue weighted by molar-refractivity contribution is 9.10. The summed E-state index contributed by atoms with van der Waals surface area (Å²) in [6.45, 7) is 5.46. The Morgan fingerprint density at radius 2 is 2.25 bits per heavy atom. The lowest BCUT2D eigenvalue weighted by Gasteiger charge is -2.10. The number of benzene rings is 1. The van der Waals surface area contributed by atoms with Crippen LogP contribution in [-0.4, -0.2) is 17.6 Å². The number of nitrogens with one attached hydrogen (secondary N) is 1. The molecule has 0 saturated carbocycles. The van der Waals surface area contributed by atoms with Crippen LogP contribution in [0.3, 0.4) is 0 Å². The van der Waals surface area contributed by atoms with Crippen LogP contribution < -0.4 is 5.56 Å². The molecule has 4 nitrogen and oxygen atoms in total. The molecule has 0 saturated heterocycles. The number of pyridine rings is 1. The third-order valence-corrected chi connectivity index (χ3v) is 3.46. The van der Waals surface area contributed by atoms with E-state index in [1.807, 2.05) is 13.0 Å². The fourth-order valence-corrected chi connectivity index (χ4v) is 2.44. The second-order valence-electron chi connectivity index (χ2n) is 4.24. The maximum Gasteiger partial charge on any atom is 0.339 e. The molecule has 0 fully saturated rings. The zero-order valence-corrected chi connectivity index (χ0v) is 12.6. The van der Waals surface area contributed by atoms with Crippen molar-refractivity contribution in [1.82, 2.24) is 4.98 Å². The Bertz CT molecular complexity index is 734. The Labute approximate surface area is 124 Å². The van der Waals surface area contributed by atoms with Crippen molar-refractivity contribution >= 4 is 32.8 Å². The lowest BCUT2D eigenvalue weighted by atomic mass is 10.0. The van der Waals surface area contributed by atoms with Crippen molar-refractivity contribution in [2.75, 3.05) is 6.61 Å². The van der Waals surface area contributed by atoms with Crippen LogP contribution in [-0.2, 0) is 11.2 Å². The van der Waals surface area contributed by atoms with Crippen LogP contribution in [0, 0.1) is 0 Å². The minimum Gasteiger partial charge on any atom is -0.458 e. The van der Waals surface area contributed by atoms with Crippen molar-refractivity contribution in [2.45, 2.75) is 13.3 Å². The molecule has 0 unspecified atom stereocenters. The van der Waals surface area contributed by atoms with Gasteiger partial charge in [-0.2, -0.15) is 0 Å². The minimum absolute atomic E-state index is 0.115. The third kappa shape index (κ3) is 2.67. The molecule has 0 spiro atoms. The highest BCUT2D eigenvalue weighted by Crippen LogP contribution is 2.23. The molecule has 0 aliphatic rings. The number of hydrogen-bond acceptors (Lipinski definition) is 3. The fourth-order valence-electron chi connectivity index (χ4n) is 2.08. The standard InChI is InChI=1S/C15H14BrNO3/c1-3-7-20-15(19)13-10(4-2)14(18)17-12-6-5-9(16)8-11(12)13/h3,5-6,8H,1,4,7H2,2H3,(H,17,18). The van der Waals surface area contributed by atoms with Crippen LogP contribution in [0.15, 0.2) is 40.1 Å². The summed E-state index contributed by atoms with van der Waals surface area (Å²) in [5.74, 6) is -0.504. The number of rotatable bonds is 4. The summed E-state index contributed by atoms with van der Waals surface area (Å²) < 4.78 is 5.93. The summed E-state index contributed by atoms with van der Waals surface area (Å²) in [4.78, 5) is 27.1. The first-order chi connectivity index (χ1) is 9.58. The Hall–Kier alpha value is -1.88. The lowest BCUT2D eigenvalue weighted by Crippen LogP contribution is -2.20. The molecule has 5 heteroatoms. The zero-order chi connectivity index (χ0) is 14.7. The Morgan fingerprint density at radius 3 is 2.90 bits per heavy atom. The normalized spacial score (nSPS) is 10.5. The average molecular weight is 336 g/mol. The van der Waals surface area contributed by atoms with E-state index in [0.29, 0.717) is 28.5 Å². The van der Waals surface area contributed by atoms with Gasteiger partial charge in [0, 0.05) is 20.9 Å². The largest absolute Gasteiger partial charge is 0.458 e. The van der Waals surface area contributed by atoms with E-state index in [9.17, 15) is 9.59 Å². The Balaban J connectivity index is 2.75. The number of aromatic amines is 1. The van der Waals surface area contributed by atoms with Gasteiger partial charge in [0.25, 0.3) is 5.56 Å². The first-order valence-electron chi connectivity index (χ1n) is 6.21. The average Bonchev–Trinajstić information content (AvgIpc) is 2.43. The van der Waals surface area contributed by atoms with Crippen LogP contribution in [0.4, 0.5) is 0 Å². The second kappa shape index (κ2) is 6.05. The number of carbonyl (C=O) groups is 1. The summed E-state index contributed by atoms with van der Waals surface area (Å²) in [6, 6.07) is 5.36. The van der Waals surface area contributed by atoms with Gasteiger partial charge in [0.15, 0.2) is 0 Å². The van der Waals surface area contributed by atoms with Crippen molar-refractivity contribution in [3.8, 4) is 0 Å². The maximum atomic E-state index is 12.2. The van der Waals surface area contributed by atoms with Gasteiger partial charge in [0.2, 0.25) is 0 Å². The van der Waals surface area contributed by atoms with Crippen LogP contribution in [0.2, 0.25) is 0 Å². The fraction of sp³-hybridized carbons (Fsp3) is 0.200. The summed E-state index contributed by atoms with van der Waals surface area (Å²) in [5, 5.41) is 0.671. The molecule has 104 valence electrons. The molecule has 0 radical (unpaired) electrons. The molecule has 0 aliphatic carbocycles. The van der Waals surface area contributed by atoms with Gasteiger partial charge in [-0.1, -0.05) is 35.5 Å². The number of halogens is 1. The van der Waals surface area contributed by atoms with E-state index in [1.54, 1.807) is 12.1 Å². The van der Waals surface area contributed by atoms with Gasteiger partial charge in [-0.05, 0) is 24.6 Å². The van der Waals surface area contributed by atoms with E-state index >= 15 is 0 Å². The van der Waals surface area contributed by atoms with E-state index < -0.39 is 5.97 Å². The van der Waals surface area contributed by atoms with Gasteiger partial charge in [0.1, 0.15) is 6.61 Å². The predicted octanol–water partition coefficient (Wildman–Crippen LogP) is 3.20. The SMILES string of the molecule is C=CCOC(=O)c1c(CC)c(=O)[nH]c2ccc(Br)cc12. The number of carbonyl (C=O) groups excluding carboxylic acids is 1. The van der Waals surface area contributed by atoms with Crippen molar-refractivity contribution in [3.05, 3.63) is 56.8 Å². The highest BCUT2D eigenvalue weighted by atomic mass is 79.9. The van der Waals surface area contributed by atoms with Crippen LogP contribution in [0.5, 0.6) is 0 Å². The molecule has 2 rings (SSSR count). The molecule has 0 aliphatic heterocycles. The van der Waals surface area contributed by atoms with E-state index in [1.165, 1.54) is 6.08 Å². The summed E-state index contributed by atoms with van der Waals surface area (Å²) >= 11 is 3.37. The summed E-state index contributed by atoms with van der Waals surface area (Å²) in [6.07, 6.45) is 1.95. The van der Waals surface area contributed by atoms with Crippen LogP contribution >= 0.6 is 15.9 Å². The zero-order valence-electron chi connectivity index (χ0n) is 11.0. The Morgan fingerprint density at radius 1 is 1.50 bits per heavy atom. The number of esters is 1. The van der Waals surface area contributed by atoms with Gasteiger partial charge in [-0.25, -0.2) is 4.79 Å². The van der Waals surface area contributed by atoms with E-state index in [2.05, 4.69) is 27.5 Å². The molecular weight excluding hydrogens is 322 g/mol. The molecule has 0 amide bonds. The van der Waals surface area contributed by atoms with Gasteiger partial charge in [0.05, 0.1) is 5.56 Å². The molecule has 2 aromatic rings. The van der Waals surface area contributed by atoms with Gasteiger partial charge in [-0.3, -0.25) is 4.79 Å². The molecule has 1 aromatic carbocycles. The van der Waals surface area contributed by atoms with Crippen LogP contribution in [0.25, 0.3) is 10.9 Å². The van der Waals surface area contributed by atoms with E-state index in [4.69, 9.17) is 4.74 Å². The molecule has 20 heavy (non-hydrogen) atoms. The van der Waals surface area contributed by atoms with Gasteiger partial charge >= 0.3 is 5.97 Å². The first kappa shape index (κ1) is 14.5. The third-order valence-electron chi connectivity index (χ3n) is 2.96. The molecule has 0 atom stereocenters. The van der Waals surface area contributed by atoms with Crippen molar-refractivity contribution in [3.63, 3.8) is 0 Å². The van der Waals surface area contributed by atoms with Gasteiger partial charge < -0.3 is 9.72 Å². The van der Waals surface area contributed by atoms with Crippen molar-refractivity contribution < 1.29 is 9.53 Å². The van der Waals surface area contributed by atoms with Crippen molar-refractivity contribution in [1.29, 1.82) is 0 Å². The summed E-state index contributed by atoms with van der Waals surface area (Å²) in [5.41, 5.74) is 1.12. The number of ether oxygens (including phenoxy) is 1. The van der Waals surface area contributed by atoms with E-state index in [-0.39, 0.29) is 12.2 Å². The molecule has 1 heterocycles. The smallest absolute Gasteiger partial charge is 0.339 e. The first-order valence-corrected chi connectivity index (χ1v) is 7.00. The maximum absolute atomic E-state index is 12.2. The summed E-state index contributed by atoms with van der Waals surface area (Å²) in [7, 11) is 0. The number of aromatic nitrogens is 1. The molecular formula is C15H14BrNO3. The number of H-pyrrole nitrogens is 1. The van der Waals surface area contributed by atoms with Crippen LogP contribution in [0.1, 0.15) is 22.8 Å². The topological polar surface area (TPSA) is 59.2 Å². The quantitative estimate of drug-likeness (QED) is 0.689. The Kier molecular flexibility index (Phi) is 4.39. The molecule has 1 aromatic heterocycles. The highest BCUT2D eigenvalue weighted by Gasteiger charge is 2.19. The van der Waals surface area contributed by atoms with Crippen molar-refractivity contribution in [2.24, 2.45) is 0 Å². The monoisotopic (exact) mass is 335 g/mol. The van der Waals surface area contributed by atoms with E-state index in [0.717, 1.165) is 4.47 Å². The number of hydrogen-bond donors (Lipinski definition) is 1. The lowest BCUT2D eigenvalue weighted by molar-refractivity contribution is 0.0550. The number of fused-ring (bicyclic) bond motifs is 1. The molecule has 0 bridgehead atoms. The minimum atomic E-state index is -0.504.